The molecule has 0 rings (SSSR count). The SMILES string of the molecule is CNC(=O)NC[C@H](CC(C)C)NC(=O)NC[C@H](C)NC(=O)NC[C@H](C)NC(=O)NC[C@H](CC(C)C)NC(=O)OC(C)(C)C. The molecule has 0 heterocycles. The quantitative estimate of drug-likeness (QED) is 0.127. The molecule has 43 heavy (non-hydrogen) atoms. The predicted molar refractivity (Wildman–Crippen MR) is 167 cm³/mol. The highest BCUT2D eigenvalue weighted by Crippen LogP contribution is 2.09. The fourth-order valence-electron chi connectivity index (χ4n) is 3.90. The number of alkyl carbamates (subject to hydrolysis) is 1. The molecule has 9 amide bonds. The lowest BCUT2D eigenvalue weighted by atomic mass is 10.0. The Balaban J connectivity index is 4.47. The van der Waals surface area contributed by atoms with Crippen LogP contribution in [0.3, 0.4) is 0 Å². The molecule has 0 unspecified atom stereocenters. The molecule has 0 aromatic carbocycles. The summed E-state index contributed by atoms with van der Waals surface area (Å²) in [4.78, 5) is 60.7. The zero-order valence-corrected chi connectivity index (χ0v) is 27.7. The highest BCUT2D eigenvalue weighted by atomic mass is 16.6. The Morgan fingerprint density at radius 3 is 1.33 bits per heavy atom. The van der Waals surface area contributed by atoms with Crippen molar-refractivity contribution in [1.82, 2.24) is 47.9 Å². The minimum Gasteiger partial charge on any atom is -0.444 e. The van der Waals surface area contributed by atoms with Gasteiger partial charge in [-0.1, -0.05) is 27.7 Å². The Hall–Kier alpha value is -3.65. The topological polar surface area (TPSA) is 203 Å². The van der Waals surface area contributed by atoms with E-state index in [1.54, 1.807) is 34.6 Å². The fraction of sp³-hybridized carbons (Fsp3) is 0.821. The maximum Gasteiger partial charge on any atom is 0.407 e. The third-order valence-electron chi connectivity index (χ3n) is 5.71. The zero-order valence-electron chi connectivity index (χ0n) is 27.7. The number of ether oxygens (including phenoxy) is 1. The number of hydrogen-bond donors (Lipinski definition) is 9. The molecule has 0 aromatic rings. The maximum absolute atomic E-state index is 12.4. The normalized spacial score (nSPS) is 14.0. The van der Waals surface area contributed by atoms with Crippen LogP contribution in [-0.4, -0.2) is 93.2 Å². The van der Waals surface area contributed by atoms with Gasteiger partial charge in [0.05, 0.1) is 0 Å². The molecule has 0 bridgehead atoms. The highest BCUT2D eigenvalue weighted by molar-refractivity contribution is 5.77. The summed E-state index contributed by atoms with van der Waals surface area (Å²) in [6.07, 6.45) is 0.789. The molecule has 0 aliphatic rings. The summed E-state index contributed by atoms with van der Waals surface area (Å²) in [6, 6.07) is -2.93. The number of urea groups is 4. The van der Waals surface area contributed by atoms with Crippen molar-refractivity contribution in [3.05, 3.63) is 0 Å². The van der Waals surface area contributed by atoms with E-state index in [0.29, 0.717) is 18.8 Å². The largest absolute Gasteiger partial charge is 0.444 e. The average molecular weight is 616 g/mol. The molecular formula is C28H57N9O6. The van der Waals surface area contributed by atoms with Crippen LogP contribution in [-0.2, 0) is 4.74 Å². The monoisotopic (exact) mass is 615 g/mol. The summed E-state index contributed by atoms with van der Waals surface area (Å²) < 4.78 is 5.31. The molecule has 0 aromatic heterocycles. The summed E-state index contributed by atoms with van der Waals surface area (Å²) >= 11 is 0. The van der Waals surface area contributed by atoms with E-state index in [2.05, 4.69) is 47.9 Å². The molecule has 250 valence electrons. The van der Waals surface area contributed by atoms with Gasteiger partial charge < -0.3 is 52.6 Å². The van der Waals surface area contributed by atoms with Crippen molar-refractivity contribution in [2.75, 3.05) is 33.2 Å². The number of carbonyl (C=O) groups is 5. The summed E-state index contributed by atoms with van der Waals surface area (Å²) in [5.41, 5.74) is -0.626. The van der Waals surface area contributed by atoms with Gasteiger partial charge >= 0.3 is 30.2 Å². The van der Waals surface area contributed by atoms with Crippen molar-refractivity contribution in [3.8, 4) is 0 Å². The molecule has 0 spiro atoms. The third kappa shape index (κ3) is 22.6. The highest BCUT2D eigenvalue weighted by Gasteiger charge is 2.21. The van der Waals surface area contributed by atoms with Crippen LogP contribution in [0, 0.1) is 11.8 Å². The second-order valence-electron chi connectivity index (χ2n) is 12.6. The van der Waals surface area contributed by atoms with E-state index in [1.807, 2.05) is 27.7 Å². The standard InChI is InChI=1S/C28H57N9O6/c1-17(2)11-21(15-32-23(38)29-10)36-26(41)31-14-20(6)34-24(39)30-13-19(5)35-25(40)33-16-22(12-18(3)4)37-27(42)43-28(7,8)9/h17-22H,11-16H2,1-10H3,(H,37,42)(H2,29,32,38)(H2,30,34,39)(H2,31,36,41)(H2,33,35,40)/t19-,20-,21-,22-/m0/s1. The molecule has 0 aliphatic carbocycles. The lowest BCUT2D eigenvalue weighted by Gasteiger charge is -2.25. The number of hydrogen-bond acceptors (Lipinski definition) is 6. The smallest absolute Gasteiger partial charge is 0.407 e. The van der Waals surface area contributed by atoms with Crippen LogP contribution < -0.4 is 47.9 Å². The van der Waals surface area contributed by atoms with Gasteiger partial charge in [0.15, 0.2) is 0 Å². The molecule has 15 nitrogen and oxygen atoms in total. The van der Waals surface area contributed by atoms with Gasteiger partial charge in [-0.15, -0.1) is 0 Å². The van der Waals surface area contributed by atoms with Crippen molar-refractivity contribution < 1.29 is 28.7 Å². The summed E-state index contributed by atoms with van der Waals surface area (Å²) in [7, 11) is 1.52. The first kappa shape index (κ1) is 39.4. The number of rotatable bonds is 16. The van der Waals surface area contributed by atoms with Gasteiger partial charge in [0.25, 0.3) is 0 Å². The zero-order chi connectivity index (χ0) is 33.2. The van der Waals surface area contributed by atoms with E-state index < -0.39 is 29.8 Å². The van der Waals surface area contributed by atoms with Crippen LogP contribution in [0.1, 0.15) is 75.2 Å². The van der Waals surface area contributed by atoms with Gasteiger partial charge in [0, 0.05) is 57.4 Å². The molecule has 15 heteroatoms. The molecule has 4 atom stereocenters. The van der Waals surface area contributed by atoms with Crippen LogP contribution >= 0.6 is 0 Å². The molecule has 0 aliphatic heterocycles. The molecule has 9 N–H and O–H groups in total. The van der Waals surface area contributed by atoms with Gasteiger partial charge in [-0.25, -0.2) is 24.0 Å². The molecule has 0 radical (unpaired) electrons. The van der Waals surface area contributed by atoms with Crippen molar-refractivity contribution >= 4 is 30.2 Å². The van der Waals surface area contributed by atoms with Crippen molar-refractivity contribution in [3.63, 3.8) is 0 Å². The van der Waals surface area contributed by atoms with Gasteiger partial charge in [-0.2, -0.15) is 0 Å². The van der Waals surface area contributed by atoms with E-state index in [4.69, 9.17) is 4.74 Å². The first-order valence-electron chi connectivity index (χ1n) is 15.0. The van der Waals surface area contributed by atoms with Crippen LogP contribution in [0.15, 0.2) is 0 Å². The molecule has 0 saturated carbocycles. The lowest BCUT2D eigenvalue weighted by Crippen LogP contribution is -2.53. The summed E-state index contributed by atoms with van der Waals surface area (Å²) in [5.74, 6) is 0.602. The van der Waals surface area contributed by atoms with Crippen LogP contribution in [0.25, 0.3) is 0 Å². The Bertz CT molecular complexity index is 879. The minimum atomic E-state index is -0.626. The van der Waals surface area contributed by atoms with Gasteiger partial charge in [0.2, 0.25) is 0 Å². The first-order chi connectivity index (χ1) is 19.9. The number of carbonyl (C=O) groups excluding carboxylic acids is 5. The third-order valence-corrected chi connectivity index (χ3v) is 5.71. The molecule has 0 fully saturated rings. The fourth-order valence-corrected chi connectivity index (χ4v) is 3.90. The summed E-state index contributed by atoms with van der Waals surface area (Å²) in [6.45, 7) is 17.8. The van der Waals surface area contributed by atoms with Gasteiger partial charge in [-0.3, -0.25) is 0 Å². The number of nitrogens with one attached hydrogen (secondary N) is 9. The second-order valence-corrected chi connectivity index (χ2v) is 12.6. The van der Waals surface area contributed by atoms with Crippen LogP contribution in [0.2, 0.25) is 0 Å². The van der Waals surface area contributed by atoms with E-state index in [0.717, 1.165) is 0 Å². The average Bonchev–Trinajstić information content (AvgIpc) is 2.86. The molecular weight excluding hydrogens is 558 g/mol. The Morgan fingerprint density at radius 1 is 0.558 bits per heavy atom. The van der Waals surface area contributed by atoms with Gasteiger partial charge in [0.1, 0.15) is 5.60 Å². The first-order valence-corrected chi connectivity index (χ1v) is 15.0. The lowest BCUT2D eigenvalue weighted by molar-refractivity contribution is 0.0498. The maximum atomic E-state index is 12.4. The Morgan fingerprint density at radius 2 is 0.930 bits per heavy atom. The predicted octanol–water partition coefficient (Wildman–Crippen LogP) is 1.94. The van der Waals surface area contributed by atoms with E-state index in [1.165, 1.54) is 7.05 Å². The number of amides is 9. The van der Waals surface area contributed by atoms with Crippen molar-refractivity contribution in [2.24, 2.45) is 11.8 Å². The Labute approximate surface area is 256 Å². The van der Waals surface area contributed by atoms with Crippen LogP contribution in [0.5, 0.6) is 0 Å². The van der Waals surface area contributed by atoms with E-state index in [-0.39, 0.29) is 62.3 Å². The minimum absolute atomic E-state index is 0.167. The second kappa shape index (κ2) is 20.3. The molecule has 0 saturated heterocycles. The van der Waals surface area contributed by atoms with Crippen molar-refractivity contribution in [2.45, 2.75) is 105 Å². The van der Waals surface area contributed by atoms with E-state index >= 15 is 0 Å². The van der Waals surface area contributed by atoms with Gasteiger partial charge in [-0.05, 0) is 59.3 Å². The Kier molecular flexibility index (Phi) is 18.6. The van der Waals surface area contributed by atoms with E-state index in [9.17, 15) is 24.0 Å². The van der Waals surface area contributed by atoms with Crippen LogP contribution in [0.4, 0.5) is 24.0 Å². The summed E-state index contributed by atoms with van der Waals surface area (Å²) in [5, 5.41) is 24.5. The van der Waals surface area contributed by atoms with Crippen molar-refractivity contribution in [1.29, 1.82) is 0 Å².